The molecule has 3 aromatic rings. The zero-order valence-electron chi connectivity index (χ0n) is 22.3. The first-order valence-electron chi connectivity index (χ1n) is 12.4. The summed E-state index contributed by atoms with van der Waals surface area (Å²) in [6, 6.07) is 20.0. The summed E-state index contributed by atoms with van der Waals surface area (Å²) in [6.45, 7) is 8.77. The van der Waals surface area contributed by atoms with Crippen LogP contribution in [0.5, 0.6) is 0 Å². The predicted molar refractivity (Wildman–Crippen MR) is 154 cm³/mol. The van der Waals surface area contributed by atoms with E-state index in [0.29, 0.717) is 5.69 Å². The topological polar surface area (TPSA) is 86.8 Å². The van der Waals surface area contributed by atoms with Crippen molar-refractivity contribution in [2.75, 3.05) is 10.8 Å². The van der Waals surface area contributed by atoms with Crippen LogP contribution in [0.4, 0.5) is 5.69 Å². The van der Waals surface area contributed by atoms with Crippen molar-refractivity contribution in [2.24, 2.45) is 0 Å². The van der Waals surface area contributed by atoms with E-state index in [9.17, 15) is 18.0 Å². The van der Waals surface area contributed by atoms with Gasteiger partial charge in [-0.05, 0) is 76.1 Å². The van der Waals surface area contributed by atoms with E-state index in [-0.39, 0.29) is 23.4 Å². The highest BCUT2D eigenvalue weighted by molar-refractivity contribution is 9.10. The maximum atomic E-state index is 13.9. The van der Waals surface area contributed by atoms with Crippen molar-refractivity contribution in [3.63, 3.8) is 0 Å². The smallest absolute Gasteiger partial charge is 0.264 e. The molecule has 1 atom stereocenters. The number of benzene rings is 3. The van der Waals surface area contributed by atoms with E-state index < -0.39 is 28.5 Å². The monoisotopic (exact) mass is 599 g/mol. The molecule has 1 N–H and O–H groups in total. The third-order valence-electron chi connectivity index (χ3n) is 6.10. The average molecular weight is 601 g/mol. The minimum Gasteiger partial charge on any atom is -0.352 e. The van der Waals surface area contributed by atoms with Crippen LogP contribution in [0.1, 0.15) is 37.5 Å². The number of nitrogens with one attached hydrogen (secondary N) is 1. The van der Waals surface area contributed by atoms with E-state index >= 15 is 0 Å². The maximum Gasteiger partial charge on any atom is 0.264 e. The second kappa shape index (κ2) is 12.6. The molecule has 0 aliphatic carbocycles. The van der Waals surface area contributed by atoms with Crippen LogP contribution in [-0.2, 0) is 26.2 Å². The third-order valence-corrected chi connectivity index (χ3v) is 8.40. The average Bonchev–Trinajstić information content (AvgIpc) is 2.87. The van der Waals surface area contributed by atoms with Crippen LogP contribution in [0.3, 0.4) is 0 Å². The Balaban J connectivity index is 2.05. The number of halogens is 1. The largest absolute Gasteiger partial charge is 0.352 e. The Bertz CT molecular complexity index is 1380. The molecule has 0 bridgehead atoms. The van der Waals surface area contributed by atoms with Gasteiger partial charge in [-0.2, -0.15) is 0 Å². The second-order valence-corrected chi connectivity index (χ2v) is 12.4. The summed E-state index contributed by atoms with van der Waals surface area (Å²) in [5.74, 6) is -0.798. The number of carbonyl (C=O) groups is 2. The van der Waals surface area contributed by atoms with Crippen molar-refractivity contribution >= 4 is 43.5 Å². The van der Waals surface area contributed by atoms with Crippen LogP contribution in [0, 0.1) is 13.8 Å². The van der Waals surface area contributed by atoms with Gasteiger partial charge < -0.3 is 10.2 Å². The molecule has 0 saturated heterocycles. The third kappa shape index (κ3) is 7.23. The molecule has 0 saturated carbocycles. The standard InChI is InChI=1S/C29H34BrN3O4S/c1-20(2)31-29(35)23(5)32(18-24-12-14-25(30)15-13-24)28(34)19-33(27-16-11-21(3)17-22(27)4)38(36,37)26-9-7-6-8-10-26/h6-17,20,23H,18-19H2,1-5H3,(H,31,35)/t23-/m0/s1. The number of amides is 2. The van der Waals surface area contributed by atoms with Crippen LogP contribution in [0.2, 0.25) is 0 Å². The van der Waals surface area contributed by atoms with Gasteiger partial charge in [0.1, 0.15) is 12.6 Å². The van der Waals surface area contributed by atoms with Crippen LogP contribution >= 0.6 is 15.9 Å². The molecule has 38 heavy (non-hydrogen) atoms. The Labute approximate surface area is 234 Å². The van der Waals surface area contributed by atoms with Gasteiger partial charge in [-0.1, -0.05) is 64.0 Å². The van der Waals surface area contributed by atoms with Crippen molar-refractivity contribution in [3.05, 3.63) is 94.0 Å². The van der Waals surface area contributed by atoms with Crippen molar-refractivity contribution in [1.82, 2.24) is 10.2 Å². The minimum absolute atomic E-state index is 0.0813. The summed E-state index contributed by atoms with van der Waals surface area (Å²) in [6.07, 6.45) is 0. The Morgan fingerprint density at radius 1 is 0.921 bits per heavy atom. The number of hydrogen-bond donors (Lipinski definition) is 1. The van der Waals surface area contributed by atoms with Gasteiger partial charge in [0.2, 0.25) is 11.8 Å². The van der Waals surface area contributed by atoms with Crippen LogP contribution < -0.4 is 9.62 Å². The van der Waals surface area contributed by atoms with Gasteiger partial charge in [-0.3, -0.25) is 13.9 Å². The fourth-order valence-corrected chi connectivity index (χ4v) is 5.86. The van der Waals surface area contributed by atoms with E-state index in [0.717, 1.165) is 25.5 Å². The lowest BCUT2D eigenvalue weighted by atomic mass is 10.1. The molecule has 2 amide bonds. The molecular weight excluding hydrogens is 566 g/mol. The summed E-state index contributed by atoms with van der Waals surface area (Å²) in [5.41, 5.74) is 2.93. The molecule has 0 aromatic heterocycles. The molecular formula is C29H34BrN3O4S. The van der Waals surface area contributed by atoms with Crippen LogP contribution in [-0.4, -0.2) is 43.8 Å². The van der Waals surface area contributed by atoms with Gasteiger partial charge in [0, 0.05) is 17.1 Å². The number of sulfonamides is 1. The second-order valence-electron chi connectivity index (χ2n) is 9.60. The first kappa shape index (κ1) is 29.4. The first-order valence-corrected chi connectivity index (χ1v) is 14.6. The normalized spacial score (nSPS) is 12.2. The zero-order valence-corrected chi connectivity index (χ0v) is 24.7. The molecule has 0 spiro atoms. The van der Waals surface area contributed by atoms with E-state index in [1.54, 1.807) is 31.2 Å². The minimum atomic E-state index is -4.08. The lowest BCUT2D eigenvalue weighted by Crippen LogP contribution is -2.52. The van der Waals surface area contributed by atoms with Crippen molar-refractivity contribution < 1.29 is 18.0 Å². The number of aryl methyl sites for hydroxylation is 2. The molecule has 3 aromatic carbocycles. The van der Waals surface area contributed by atoms with E-state index in [1.807, 2.05) is 64.1 Å². The van der Waals surface area contributed by atoms with Crippen LogP contribution in [0.25, 0.3) is 0 Å². The SMILES string of the molecule is Cc1ccc(N(CC(=O)N(Cc2ccc(Br)cc2)[C@@H](C)C(=O)NC(C)C)S(=O)(=O)c2ccccc2)c(C)c1. The first-order chi connectivity index (χ1) is 17.9. The Hall–Kier alpha value is -3.17. The summed E-state index contributed by atoms with van der Waals surface area (Å²) in [5, 5.41) is 2.86. The summed E-state index contributed by atoms with van der Waals surface area (Å²) in [7, 11) is -4.08. The fourth-order valence-electron chi connectivity index (χ4n) is 4.09. The fraction of sp³-hybridized carbons (Fsp3) is 0.310. The van der Waals surface area contributed by atoms with E-state index in [4.69, 9.17) is 0 Å². The van der Waals surface area contributed by atoms with Gasteiger partial charge in [-0.15, -0.1) is 0 Å². The molecule has 0 aliphatic heterocycles. The highest BCUT2D eigenvalue weighted by atomic mass is 79.9. The van der Waals surface area contributed by atoms with Gasteiger partial charge >= 0.3 is 0 Å². The lowest BCUT2D eigenvalue weighted by molar-refractivity contribution is -0.139. The zero-order chi connectivity index (χ0) is 28.0. The quantitative estimate of drug-likeness (QED) is 0.347. The summed E-state index contributed by atoms with van der Waals surface area (Å²) < 4.78 is 29.7. The highest BCUT2D eigenvalue weighted by Gasteiger charge is 2.33. The molecule has 0 aliphatic rings. The molecule has 9 heteroatoms. The maximum absolute atomic E-state index is 13.9. The predicted octanol–water partition coefficient (Wildman–Crippen LogP) is 5.20. The van der Waals surface area contributed by atoms with Gasteiger partial charge in [-0.25, -0.2) is 8.42 Å². The Morgan fingerprint density at radius 3 is 2.13 bits per heavy atom. The number of carbonyl (C=O) groups excluding carboxylic acids is 2. The number of hydrogen-bond acceptors (Lipinski definition) is 4. The molecule has 0 radical (unpaired) electrons. The van der Waals surface area contributed by atoms with Gasteiger partial charge in [0.25, 0.3) is 10.0 Å². The molecule has 202 valence electrons. The van der Waals surface area contributed by atoms with Crippen LogP contribution in [0.15, 0.2) is 82.2 Å². The van der Waals surface area contributed by atoms with E-state index in [2.05, 4.69) is 21.2 Å². The molecule has 0 unspecified atom stereocenters. The van der Waals surface area contributed by atoms with Gasteiger partial charge in [0.15, 0.2) is 0 Å². The van der Waals surface area contributed by atoms with Crippen molar-refractivity contribution in [1.29, 1.82) is 0 Å². The van der Waals surface area contributed by atoms with Crippen molar-refractivity contribution in [2.45, 2.75) is 58.1 Å². The lowest BCUT2D eigenvalue weighted by Gasteiger charge is -2.32. The number of anilines is 1. The van der Waals surface area contributed by atoms with Crippen molar-refractivity contribution in [3.8, 4) is 0 Å². The molecule has 7 nitrogen and oxygen atoms in total. The Morgan fingerprint density at radius 2 is 1.55 bits per heavy atom. The number of rotatable bonds is 10. The molecule has 0 heterocycles. The highest BCUT2D eigenvalue weighted by Crippen LogP contribution is 2.28. The molecule has 0 fully saturated rings. The van der Waals surface area contributed by atoms with Gasteiger partial charge in [0.05, 0.1) is 10.6 Å². The summed E-state index contributed by atoms with van der Waals surface area (Å²) >= 11 is 3.42. The summed E-state index contributed by atoms with van der Waals surface area (Å²) in [4.78, 5) is 28.4. The van der Waals surface area contributed by atoms with E-state index in [1.165, 1.54) is 17.0 Å². The number of nitrogens with zero attached hydrogens (tertiary/aromatic N) is 2. The molecule has 3 rings (SSSR count). The Kier molecular flexibility index (Phi) is 9.73.